The first-order valence-electron chi connectivity index (χ1n) is 6.74. The lowest BCUT2D eigenvalue weighted by Gasteiger charge is -2.11. The highest BCUT2D eigenvalue weighted by atomic mass is 79.9. The molecule has 0 spiro atoms. The third kappa shape index (κ3) is 4.93. The van der Waals surface area contributed by atoms with Crippen molar-refractivity contribution < 1.29 is 9.53 Å². The van der Waals surface area contributed by atoms with Crippen molar-refractivity contribution in [2.75, 3.05) is 18.5 Å². The average Bonchev–Trinajstić information content (AvgIpc) is 2.49. The molecule has 0 heterocycles. The normalized spacial score (nSPS) is 10.1. The summed E-state index contributed by atoms with van der Waals surface area (Å²) in [5.41, 5.74) is 1.64. The van der Waals surface area contributed by atoms with Gasteiger partial charge in [-0.2, -0.15) is 0 Å². The van der Waals surface area contributed by atoms with Crippen LogP contribution < -0.4 is 15.4 Å². The van der Waals surface area contributed by atoms with E-state index in [9.17, 15) is 4.79 Å². The molecule has 0 aliphatic heterocycles. The van der Waals surface area contributed by atoms with E-state index in [1.165, 1.54) is 0 Å². The Morgan fingerprint density at radius 2 is 2.05 bits per heavy atom. The molecule has 0 saturated carbocycles. The minimum absolute atomic E-state index is 0.291. The zero-order valence-corrected chi connectivity index (χ0v) is 14.4. The van der Waals surface area contributed by atoms with Crippen molar-refractivity contribution in [1.82, 2.24) is 5.32 Å². The summed E-state index contributed by atoms with van der Waals surface area (Å²) >= 11 is 9.31. The van der Waals surface area contributed by atoms with Crippen molar-refractivity contribution in [1.29, 1.82) is 0 Å². The fourth-order valence-corrected chi connectivity index (χ4v) is 2.35. The zero-order valence-electron chi connectivity index (χ0n) is 12.0. The fourth-order valence-electron chi connectivity index (χ4n) is 1.78. The third-order valence-electron chi connectivity index (χ3n) is 2.93. The molecule has 0 unspecified atom stereocenters. The summed E-state index contributed by atoms with van der Waals surface area (Å²) < 4.78 is 6.45. The minimum atomic E-state index is -0.291. The first-order valence-corrected chi connectivity index (χ1v) is 7.91. The highest BCUT2D eigenvalue weighted by molar-refractivity contribution is 9.10. The predicted octanol–water partition coefficient (Wildman–Crippen LogP) is 4.61. The molecule has 2 aromatic carbocycles. The lowest BCUT2D eigenvalue weighted by Crippen LogP contribution is -2.32. The molecule has 2 rings (SSSR count). The van der Waals surface area contributed by atoms with E-state index in [0.29, 0.717) is 23.9 Å². The molecule has 2 aromatic rings. The van der Waals surface area contributed by atoms with Gasteiger partial charge in [0.1, 0.15) is 12.4 Å². The van der Waals surface area contributed by atoms with Gasteiger partial charge in [0, 0.05) is 10.7 Å². The second-order valence-electron chi connectivity index (χ2n) is 4.62. The van der Waals surface area contributed by atoms with Crippen LogP contribution in [0.2, 0.25) is 5.02 Å². The Bertz CT molecular complexity index is 664. The van der Waals surface area contributed by atoms with E-state index in [1.807, 2.05) is 37.3 Å². The van der Waals surface area contributed by atoms with Crippen molar-refractivity contribution in [2.45, 2.75) is 6.92 Å². The topological polar surface area (TPSA) is 50.4 Å². The number of hydrogen-bond acceptors (Lipinski definition) is 2. The third-order valence-corrected chi connectivity index (χ3v) is 3.82. The van der Waals surface area contributed by atoms with Crippen molar-refractivity contribution in [3.8, 4) is 5.75 Å². The monoisotopic (exact) mass is 382 g/mol. The average molecular weight is 384 g/mol. The molecule has 0 bridgehead atoms. The van der Waals surface area contributed by atoms with Gasteiger partial charge in [0.2, 0.25) is 0 Å². The SMILES string of the molecule is Cc1ccc(Cl)cc1NC(=O)NCCOc1ccccc1Br. The summed E-state index contributed by atoms with van der Waals surface area (Å²) in [5, 5.41) is 6.08. The number of anilines is 1. The van der Waals surface area contributed by atoms with Crippen molar-refractivity contribution in [2.24, 2.45) is 0 Å². The second kappa shape index (κ2) is 8.06. The number of para-hydroxylation sites is 1. The molecule has 4 nitrogen and oxygen atoms in total. The van der Waals surface area contributed by atoms with Gasteiger partial charge in [0.05, 0.1) is 11.0 Å². The number of hydrogen-bond donors (Lipinski definition) is 2. The number of aryl methyl sites for hydroxylation is 1. The van der Waals surface area contributed by atoms with Crippen LogP contribution in [0.4, 0.5) is 10.5 Å². The number of benzene rings is 2. The van der Waals surface area contributed by atoms with Gasteiger partial charge < -0.3 is 15.4 Å². The zero-order chi connectivity index (χ0) is 15.9. The van der Waals surface area contributed by atoms with Crippen LogP contribution in [0.1, 0.15) is 5.56 Å². The van der Waals surface area contributed by atoms with E-state index in [0.717, 1.165) is 15.8 Å². The van der Waals surface area contributed by atoms with E-state index in [-0.39, 0.29) is 6.03 Å². The van der Waals surface area contributed by atoms with Crippen LogP contribution in [0, 0.1) is 6.92 Å². The first-order chi connectivity index (χ1) is 10.6. The lowest BCUT2D eigenvalue weighted by atomic mass is 10.2. The molecule has 0 aromatic heterocycles. The molecule has 6 heteroatoms. The highest BCUT2D eigenvalue weighted by Gasteiger charge is 2.05. The Labute approximate surface area is 142 Å². The molecule has 0 saturated heterocycles. The van der Waals surface area contributed by atoms with Crippen LogP contribution in [0.25, 0.3) is 0 Å². The molecule has 2 N–H and O–H groups in total. The Morgan fingerprint density at radius 1 is 1.27 bits per heavy atom. The van der Waals surface area contributed by atoms with Gasteiger partial charge in [-0.25, -0.2) is 4.79 Å². The van der Waals surface area contributed by atoms with Crippen LogP contribution in [-0.2, 0) is 0 Å². The molecule has 0 aliphatic rings. The van der Waals surface area contributed by atoms with E-state index in [1.54, 1.807) is 12.1 Å². The molecule has 0 fully saturated rings. The maximum Gasteiger partial charge on any atom is 0.319 e. The number of amides is 2. The van der Waals surface area contributed by atoms with Gasteiger partial charge in [-0.05, 0) is 52.7 Å². The summed E-state index contributed by atoms with van der Waals surface area (Å²) in [6, 6.07) is 12.6. The summed E-state index contributed by atoms with van der Waals surface area (Å²) in [4.78, 5) is 11.8. The van der Waals surface area contributed by atoms with Gasteiger partial charge in [-0.15, -0.1) is 0 Å². The number of carbonyl (C=O) groups excluding carboxylic acids is 1. The molecular weight excluding hydrogens is 368 g/mol. The van der Waals surface area contributed by atoms with Crippen molar-refractivity contribution in [3.05, 3.63) is 57.5 Å². The van der Waals surface area contributed by atoms with Gasteiger partial charge in [-0.1, -0.05) is 29.8 Å². The number of nitrogens with one attached hydrogen (secondary N) is 2. The minimum Gasteiger partial charge on any atom is -0.491 e. The van der Waals surface area contributed by atoms with Gasteiger partial charge in [0.15, 0.2) is 0 Å². The van der Waals surface area contributed by atoms with E-state index in [2.05, 4.69) is 26.6 Å². The Balaban J connectivity index is 1.76. The standard InChI is InChI=1S/C16H16BrClN2O2/c1-11-6-7-12(18)10-14(11)20-16(21)19-8-9-22-15-5-3-2-4-13(15)17/h2-7,10H,8-9H2,1H3,(H2,19,20,21). The second-order valence-corrected chi connectivity index (χ2v) is 5.91. The van der Waals surface area contributed by atoms with Crippen LogP contribution in [0.15, 0.2) is 46.9 Å². The maximum atomic E-state index is 11.8. The summed E-state index contributed by atoms with van der Waals surface area (Å²) in [5.74, 6) is 0.746. The number of halogens is 2. The first kappa shape index (κ1) is 16.6. The maximum absolute atomic E-state index is 11.8. The van der Waals surface area contributed by atoms with E-state index in [4.69, 9.17) is 16.3 Å². The van der Waals surface area contributed by atoms with Crippen LogP contribution in [-0.4, -0.2) is 19.2 Å². The predicted molar refractivity (Wildman–Crippen MR) is 92.8 cm³/mol. The lowest BCUT2D eigenvalue weighted by molar-refractivity contribution is 0.247. The number of carbonyl (C=O) groups is 1. The molecule has 0 atom stereocenters. The molecular formula is C16H16BrClN2O2. The Kier molecular flexibility index (Phi) is 6.10. The van der Waals surface area contributed by atoms with Gasteiger partial charge in [-0.3, -0.25) is 0 Å². The van der Waals surface area contributed by atoms with Crippen LogP contribution in [0.3, 0.4) is 0 Å². The quantitative estimate of drug-likeness (QED) is 0.741. The molecule has 22 heavy (non-hydrogen) atoms. The summed E-state index contributed by atoms with van der Waals surface area (Å²) in [6.45, 7) is 2.68. The van der Waals surface area contributed by atoms with Crippen molar-refractivity contribution in [3.63, 3.8) is 0 Å². The van der Waals surface area contributed by atoms with E-state index < -0.39 is 0 Å². The smallest absolute Gasteiger partial charge is 0.319 e. The van der Waals surface area contributed by atoms with Gasteiger partial charge in [0.25, 0.3) is 0 Å². The molecule has 0 radical (unpaired) electrons. The molecule has 2 amide bonds. The number of rotatable bonds is 5. The van der Waals surface area contributed by atoms with Gasteiger partial charge >= 0.3 is 6.03 Å². The number of ether oxygens (including phenoxy) is 1. The Morgan fingerprint density at radius 3 is 2.82 bits per heavy atom. The Hall–Kier alpha value is -1.72. The molecule has 116 valence electrons. The van der Waals surface area contributed by atoms with Crippen molar-refractivity contribution >= 4 is 39.2 Å². The molecule has 0 aliphatic carbocycles. The summed E-state index contributed by atoms with van der Waals surface area (Å²) in [6.07, 6.45) is 0. The van der Waals surface area contributed by atoms with E-state index >= 15 is 0 Å². The summed E-state index contributed by atoms with van der Waals surface area (Å²) in [7, 11) is 0. The largest absolute Gasteiger partial charge is 0.491 e. The highest BCUT2D eigenvalue weighted by Crippen LogP contribution is 2.23. The van der Waals surface area contributed by atoms with Crippen LogP contribution in [0.5, 0.6) is 5.75 Å². The fraction of sp³-hybridized carbons (Fsp3) is 0.188. The van der Waals surface area contributed by atoms with Crippen LogP contribution >= 0.6 is 27.5 Å². The number of urea groups is 1.